The first-order valence-electron chi connectivity index (χ1n) is 6.95. The van der Waals surface area contributed by atoms with Gasteiger partial charge < -0.3 is 5.11 Å². The van der Waals surface area contributed by atoms with Crippen molar-refractivity contribution in [1.82, 2.24) is 4.72 Å². The minimum Gasteiger partial charge on any atom is -0.481 e. The molecule has 6 heteroatoms. The van der Waals surface area contributed by atoms with Crippen molar-refractivity contribution in [2.45, 2.75) is 45.1 Å². The van der Waals surface area contributed by atoms with Gasteiger partial charge in [0.25, 0.3) is 0 Å². The molecule has 0 unspecified atom stereocenters. The van der Waals surface area contributed by atoms with Gasteiger partial charge in [-0.1, -0.05) is 38.5 Å². The van der Waals surface area contributed by atoms with E-state index in [9.17, 15) is 13.2 Å². The van der Waals surface area contributed by atoms with Gasteiger partial charge in [-0.15, -0.1) is 0 Å². The summed E-state index contributed by atoms with van der Waals surface area (Å²) in [5.41, 5.74) is 0.980. The van der Waals surface area contributed by atoms with E-state index in [1.807, 2.05) is 20.8 Å². The lowest BCUT2D eigenvalue weighted by Crippen LogP contribution is -2.40. The summed E-state index contributed by atoms with van der Waals surface area (Å²) in [6.45, 7) is 7.21. The number of hydrogen-bond donors (Lipinski definition) is 2. The smallest absolute Gasteiger partial charge is 0.306 e. The lowest BCUT2D eigenvalue weighted by atomic mass is 9.94. The van der Waals surface area contributed by atoms with Crippen molar-refractivity contribution in [3.63, 3.8) is 0 Å². The molecule has 21 heavy (non-hydrogen) atoms. The first-order chi connectivity index (χ1) is 9.63. The Bertz CT molecular complexity index is 578. The maximum absolute atomic E-state index is 12.4. The fraction of sp³-hybridized carbons (Fsp3) is 0.533. The van der Waals surface area contributed by atoms with Gasteiger partial charge in [0.05, 0.1) is 10.8 Å². The average molecular weight is 313 g/mol. The van der Waals surface area contributed by atoms with Crippen LogP contribution in [0.3, 0.4) is 0 Å². The number of aliphatic carboxylic acids is 1. The van der Waals surface area contributed by atoms with Crippen LogP contribution in [-0.4, -0.2) is 25.5 Å². The zero-order valence-electron chi connectivity index (χ0n) is 12.8. The molecule has 0 spiro atoms. The summed E-state index contributed by atoms with van der Waals surface area (Å²) in [6.07, 6.45) is 0.262. The highest BCUT2D eigenvalue weighted by Crippen LogP contribution is 2.17. The van der Waals surface area contributed by atoms with Gasteiger partial charge in [-0.25, -0.2) is 13.1 Å². The van der Waals surface area contributed by atoms with Gasteiger partial charge in [0.15, 0.2) is 0 Å². The van der Waals surface area contributed by atoms with Gasteiger partial charge in [-0.05, 0) is 31.4 Å². The highest BCUT2D eigenvalue weighted by molar-refractivity contribution is 7.89. The molecule has 0 aliphatic carbocycles. The first-order valence-corrected chi connectivity index (χ1v) is 8.43. The molecular formula is C15H23NO4S. The molecule has 5 nitrogen and oxygen atoms in total. The van der Waals surface area contributed by atoms with Crippen LogP contribution >= 0.6 is 0 Å². The third kappa shape index (κ3) is 5.13. The molecule has 0 amide bonds. The van der Waals surface area contributed by atoms with Crippen LogP contribution in [-0.2, 0) is 14.8 Å². The van der Waals surface area contributed by atoms with Gasteiger partial charge in [-0.3, -0.25) is 4.79 Å². The molecule has 1 aromatic carbocycles. The van der Waals surface area contributed by atoms with Crippen LogP contribution in [0.5, 0.6) is 0 Å². The molecule has 0 radical (unpaired) electrons. The molecule has 0 aromatic heterocycles. The van der Waals surface area contributed by atoms with E-state index in [0.29, 0.717) is 0 Å². The van der Waals surface area contributed by atoms with Crippen LogP contribution in [0.15, 0.2) is 29.2 Å². The van der Waals surface area contributed by atoms with E-state index in [2.05, 4.69) is 4.72 Å². The SMILES string of the molecule is Cc1ccc(S(=O)(=O)N[C@@H](C[C@H](C)C(=O)O)C(C)C)cc1. The highest BCUT2D eigenvalue weighted by atomic mass is 32.2. The fourth-order valence-electron chi connectivity index (χ4n) is 1.92. The van der Waals surface area contributed by atoms with Crippen molar-refractivity contribution in [1.29, 1.82) is 0 Å². The molecule has 0 heterocycles. The third-order valence-electron chi connectivity index (χ3n) is 3.47. The van der Waals surface area contributed by atoms with Crippen LogP contribution in [0, 0.1) is 18.8 Å². The predicted molar refractivity (Wildman–Crippen MR) is 81.5 cm³/mol. The summed E-state index contributed by atoms with van der Waals surface area (Å²) in [7, 11) is -3.64. The van der Waals surface area contributed by atoms with Crippen LogP contribution in [0.25, 0.3) is 0 Å². The van der Waals surface area contributed by atoms with Crippen LogP contribution < -0.4 is 4.72 Å². The van der Waals surface area contributed by atoms with Gasteiger partial charge in [0.1, 0.15) is 0 Å². The molecule has 0 bridgehead atoms. The number of carboxylic acids is 1. The van der Waals surface area contributed by atoms with Crippen molar-refractivity contribution in [3.05, 3.63) is 29.8 Å². The van der Waals surface area contributed by atoms with Crippen LogP contribution in [0.1, 0.15) is 32.8 Å². The minimum atomic E-state index is -3.64. The second-order valence-electron chi connectivity index (χ2n) is 5.76. The summed E-state index contributed by atoms with van der Waals surface area (Å²) in [6, 6.07) is 6.16. The molecule has 0 fully saturated rings. The third-order valence-corrected chi connectivity index (χ3v) is 4.98. The number of carbonyl (C=O) groups is 1. The summed E-state index contributed by atoms with van der Waals surface area (Å²) in [4.78, 5) is 11.1. The Labute approximate surface area is 126 Å². The predicted octanol–water partition coefficient (Wildman–Crippen LogP) is 2.41. The Morgan fingerprint density at radius 2 is 1.71 bits per heavy atom. The minimum absolute atomic E-state index is 0.00650. The molecule has 0 aliphatic heterocycles. The van der Waals surface area contributed by atoms with Gasteiger partial charge in [0.2, 0.25) is 10.0 Å². The van der Waals surface area contributed by atoms with Crippen molar-refractivity contribution in [2.75, 3.05) is 0 Å². The van der Waals surface area contributed by atoms with Crippen molar-refractivity contribution >= 4 is 16.0 Å². The number of sulfonamides is 1. The summed E-state index contributed by atoms with van der Waals surface area (Å²) < 4.78 is 27.3. The zero-order chi connectivity index (χ0) is 16.2. The standard InChI is InChI=1S/C15H23NO4S/c1-10(2)14(9-12(4)15(17)18)16-21(19,20)13-7-5-11(3)6-8-13/h5-8,10,12,14,16H,9H2,1-4H3,(H,17,18)/t12-,14-/m0/s1. The average Bonchev–Trinajstić information content (AvgIpc) is 2.37. The number of nitrogens with one attached hydrogen (secondary N) is 1. The van der Waals surface area contributed by atoms with E-state index in [1.165, 1.54) is 0 Å². The Kier molecular flexibility index (Phi) is 5.92. The molecule has 1 rings (SSSR count). The Balaban J connectivity index is 2.92. The van der Waals surface area contributed by atoms with E-state index in [-0.39, 0.29) is 17.2 Å². The second kappa shape index (κ2) is 7.04. The monoisotopic (exact) mass is 313 g/mol. The largest absolute Gasteiger partial charge is 0.481 e. The Morgan fingerprint density at radius 1 is 1.19 bits per heavy atom. The second-order valence-corrected chi connectivity index (χ2v) is 7.47. The summed E-state index contributed by atoms with van der Waals surface area (Å²) in [5.74, 6) is -1.51. The molecule has 0 aliphatic rings. The quantitative estimate of drug-likeness (QED) is 0.809. The van der Waals surface area contributed by atoms with E-state index < -0.39 is 28.0 Å². The number of rotatable bonds is 7. The zero-order valence-corrected chi connectivity index (χ0v) is 13.6. The molecule has 118 valence electrons. The van der Waals surface area contributed by atoms with E-state index >= 15 is 0 Å². The molecule has 2 N–H and O–H groups in total. The molecule has 1 aromatic rings. The number of hydrogen-bond acceptors (Lipinski definition) is 3. The normalized spacial score (nSPS) is 14.9. The lowest BCUT2D eigenvalue weighted by Gasteiger charge is -2.24. The molecular weight excluding hydrogens is 290 g/mol. The van der Waals surface area contributed by atoms with Crippen molar-refractivity contribution < 1.29 is 18.3 Å². The summed E-state index contributed by atoms with van der Waals surface area (Å²) in [5, 5.41) is 8.98. The maximum atomic E-state index is 12.4. The lowest BCUT2D eigenvalue weighted by molar-refractivity contribution is -0.141. The topological polar surface area (TPSA) is 83.5 Å². The van der Waals surface area contributed by atoms with E-state index in [4.69, 9.17) is 5.11 Å². The summed E-state index contributed by atoms with van der Waals surface area (Å²) >= 11 is 0. The number of aryl methyl sites for hydroxylation is 1. The maximum Gasteiger partial charge on any atom is 0.306 e. The van der Waals surface area contributed by atoms with Crippen LogP contribution in [0.2, 0.25) is 0 Å². The first kappa shape index (κ1) is 17.7. The number of benzene rings is 1. The number of carboxylic acid groups (broad SMARTS) is 1. The highest BCUT2D eigenvalue weighted by Gasteiger charge is 2.26. The van der Waals surface area contributed by atoms with Gasteiger partial charge in [0, 0.05) is 6.04 Å². The van der Waals surface area contributed by atoms with Gasteiger partial charge >= 0.3 is 5.97 Å². The Hall–Kier alpha value is -1.40. The molecule has 0 saturated heterocycles. The van der Waals surface area contributed by atoms with Gasteiger partial charge in [-0.2, -0.15) is 0 Å². The van der Waals surface area contributed by atoms with E-state index in [1.54, 1.807) is 31.2 Å². The van der Waals surface area contributed by atoms with Crippen LogP contribution in [0.4, 0.5) is 0 Å². The molecule has 2 atom stereocenters. The Morgan fingerprint density at radius 3 is 2.14 bits per heavy atom. The van der Waals surface area contributed by atoms with E-state index in [0.717, 1.165) is 5.56 Å². The molecule has 0 saturated carbocycles. The fourth-order valence-corrected chi connectivity index (χ4v) is 3.32. The van der Waals surface area contributed by atoms with Crippen molar-refractivity contribution in [2.24, 2.45) is 11.8 Å². The van der Waals surface area contributed by atoms with Crippen molar-refractivity contribution in [3.8, 4) is 0 Å².